The Morgan fingerprint density at radius 2 is 1.92 bits per heavy atom. The zero-order chi connectivity index (χ0) is 26.7. The van der Waals surface area contributed by atoms with Gasteiger partial charge in [0.15, 0.2) is 17.4 Å². The van der Waals surface area contributed by atoms with E-state index in [2.05, 4.69) is 10.4 Å². The van der Waals surface area contributed by atoms with Gasteiger partial charge in [0.25, 0.3) is 16.4 Å². The Bertz CT molecular complexity index is 1240. The first kappa shape index (κ1) is 26.8. The number of nitrogens with one attached hydrogen (secondary N) is 1. The Kier molecular flexibility index (Phi) is 7.94. The van der Waals surface area contributed by atoms with E-state index in [9.17, 15) is 26.8 Å². The van der Waals surface area contributed by atoms with Crippen molar-refractivity contribution in [1.29, 1.82) is 0 Å². The number of rotatable bonds is 8. The van der Waals surface area contributed by atoms with Gasteiger partial charge in [0.2, 0.25) is 0 Å². The summed E-state index contributed by atoms with van der Waals surface area (Å²) in [5.74, 6) is -3.25. The van der Waals surface area contributed by atoms with Gasteiger partial charge in [-0.25, -0.2) is 36.2 Å². The summed E-state index contributed by atoms with van der Waals surface area (Å²) in [6.07, 6.45) is -2.94. The molecule has 1 amide bonds. The van der Waals surface area contributed by atoms with E-state index in [1.165, 1.54) is 29.4 Å². The van der Waals surface area contributed by atoms with Crippen LogP contribution in [0.15, 0.2) is 41.6 Å². The number of ether oxygens (including phenoxy) is 1. The average molecular weight is 546 g/mol. The van der Waals surface area contributed by atoms with E-state index in [4.69, 9.17) is 4.74 Å². The van der Waals surface area contributed by atoms with Crippen molar-refractivity contribution in [3.05, 3.63) is 48.3 Å². The second kappa shape index (κ2) is 11.0. The van der Waals surface area contributed by atoms with Crippen LogP contribution in [0.2, 0.25) is 0 Å². The predicted molar refractivity (Wildman–Crippen MR) is 123 cm³/mol. The number of hydrogen-bond acceptors (Lipinski definition) is 8. The second-order valence-electron chi connectivity index (χ2n) is 8.34. The number of hydrogen-bond donors (Lipinski definition) is 1. The number of carbonyl (C=O) groups excluding carboxylic acids is 2. The summed E-state index contributed by atoms with van der Waals surface area (Å²) in [6, 6.07) is 4.74. The number of alkyl halides is 2. The summed E-state index contributed by atoms with van der Waals surface area (Å²) in [4.78, 5) is 29.4. The van der Waals surface area contributed by atoms with Crippen molar-refractivity contribution in [2.45, 2.75) is 30.3 Å². The third-order valence-corrected chi connectivity index (χ3v) is 7.65. The highest BCUT2D eigenvalue weighted by molar-refractivity contribution is 7.89. The van der Waals surface area contributed by atoms with Crippen molar-refractivity contribution in [2.75, 3.05) is 42.5 Å². The smallest absolute Gasteiger partial charge is 0.414 e. The number of aromatic nitrogens is 1. The van der Waals surface area contributed by atoms with Gasteiger partial charge in [-0.05, 0) is 18.6 Å². The fourth-order valence-electron chi connectivity index (χ4n) is 4.07. The lowest BCUT2D eigenvalue weighted by atomic mass is 10.1. The lowest BCUT2D eigenvalue weighted by molar-refractivity contribution is -0.129. The molecule has 1 N–H and O–H groups in total. The van der Waals surface area contributed by atoms with E-state index < -0.39 is 58.2 Å². The van der Waals surface area contributed by atoms with E-state index in [0.717, 1.165) is 21.4 Å². The van der Waals surface area contributed by atoms with Crippen LogP contribution in [0, 0.1) is 11.6 Å². The van der Waals surface area contributed by atoms with Gasteiger partial charge in [-0.1, -0.05) is 0 Å². The molecule has 0 unspecified atom stereocenters. The number of sulfonamides is 1. The molecule has 15 heteroatoms. The molecule has 1 atom stereocenters. The Morgan fingerprint density at radius 3 is 2.57 bits per heavy atom. The van der Waals surface area contributed by atoms with E-state index in [1.807, 2.05) is 0 Å². The van der Waals surface area contributed by atoms with Crippen LogP contribution in [-0.2, 0) is 19.6 Å². The van der Waals surface area contributed by atoms with Crippen LogP contribution in [-0.4, -0.2) is 74.9 Å². The minimum atomic E-state index is -3.93. The summed E-state index contributed by atoms with van der Waals surface area (Å²) >= 11 is 0. The first-order chi connectivity index (χ1) is 17.6. The van der Waals surface area contributed by atoms with Crippen molar-refractivity contribution in [3.63, 3.8) is 0 Å². The third-order valence-electron chi connectivity index (χ3n) is 5.93. The van der Waals surface area contributed by atoms with Gasteiger partial charge >= 0.3 is 6.09 Å². The lowest BCUT2D eigenvalue weighted by Gasteiger charge is -2.25. The molecule has 2 fully saturated rings. The molecule has 4 rings (SSSR count). The fraction of sp³-hybridized carbons (Fsp3) is 0.409. The molecule has 3 heterocycles. The van der Waals surface area contributed by atoms with E-state index in [-0.39, 0.29) is 49.7 Å². The van der Waals surface area contributed by atoms with Crippen LogP contribution in [0.25, 0.3) is 0 Å². The highest BCUT2D eigenvalue weighted by atomic mass is 32.2. The Hall–Kier alpha value is -3.30. The molecule has 0 aliphatic carbocycles. The maximum atomic E-state index is 15.1. The molecule has 0 spiro atoms. The van der Waals surface area contributed by atoms with E-state index >= 15 is 8.78 Å². The SMILES string of the molecule is O=C(CC[C@H]1CN(c2cc(F)c(N3CCNN(S(=O)(=O)c4cccnc4)CC3)c(F)c2)C(=O)O1)C(F)F. The molecule has 0 radical (unpaired) electrons. The minimum absolute atomic E-state index is 0.0351. The van der Waals surface area contributed by atoms with E-state index in [1.54, 1.807) is 0 Å². The highest BCUT2D eigenvalue weighted by Crippen LogP contribution is 2.32. The van der Waals surface area contributed by atoms with Crippen LogP contribution in [0.4, 0.5) is 33.7 Å². The molecule has 0 saturated carbocycles. The van der Waals surface area contributed by atoms with Gasteiger partial charge in [0, 0.05) is 57.1 Å². The molecular weight excluding hydrogens is 522 g/mol. The number of carbonyl (C=O) groups is 2. The Balaban J connectivity index is 1.45. The van der Waals surface area contributed by atoms with Crippen molar-refractivity contribution in [3.8, 4) is 0 Å². The number of amides is 1. The van der Waals surface area contributed by atoms with Gasteiger partial charge in [0.1, 0.15) is 16.7 Å². The topological polar surface area (TPSA) is 112 Å². The van der Waals surface area contributed by atoms with Gasteiger partial charge in [-0.15, -0.1) is 4.41 Å². The number of hydrazine groups is 1. The average Bonchev–Trinajstić information content (AvgIpc) is 3.06. The number of cyclic esters (lactones) is 1. The Morgan fingerprint density at radius 1 is 1.19 bits per heavy atom. The monoisotopic (exact) mass is 545 g/mol. The number of Topliss-reactive ketones (excluding diaryl/α,β-unsaturated/α-hetero) is 1. The normalized spacial score (nSPS) is 19.3. The minimum Gasteiger partial charge on any atom is -0.444 e. The quantitative estimate of drug-likeness (QED) is 0.503. The first-order valence-electron chi connectivity index (χ1n) is 11.3. The molecule has 1 aromatic heterocycles. The number of nitrogens with zero attached hydrogens (tertiary/aromatic N) is 4. The van der Waals surface area contributed by atoms with Crippen LogP contribution in [0.5, 0.6) is 0 Å². The van der Waals surface area contributed by atoms with Crippen molar-refractivity contribution in [1.82, 2.24) is 14.8 Å². The maximum Gasteiger partial charge on any atom is 0.414 e. The molecule has 10 nitrogen and oxygen atoms in total. The first-order valence-corrected chi connectivity index (χ1v) is 12.7. The standard InChI is InChI=1S/C22H23F4N5O5S/c23-17-10-14(30-13-15(36-22(30)33)3-4-19(32)21(25)26)11-18(24)20(17)29-7-6-28-31(9-8-29)37(34,35)16-2-1-5-27-12-16/h1-2,5,10-12,15,21,28H,3-4,6-9,13H2/t15-/m0/s1. The molecule has 2 aliphatic heterocycles. The van der Waals surface area contributed by atoms with E-state index in [0.29, 0.717) is 0 Å². The second-order valence-corrected chi connectivity index (χ2v) is 10.2. The fourth-order valence-corrected chi connectivity index (χ4v) is 5.36. The summed E-state index contributed by atoms with van der Waals surface area (Å²) in [7, 11) is -3.93. The summed E-state index contributed by atoms with van der Waals surface area (Å²) in [5.41, 5.74) is 2.21. The number of benzene rings is 1. The number of ketones is 1. The summed E-state index contributed by atoms with van der Waals surface area (Å²) in [5, 5.41) is 0. The zero-order valence-electron chi connectivity index (χ0n) is 19.3. The number of anilines is 2. The van der Waals surface area contributed by atoms with Gasteiger partial charge in [-0.2, -0.15) is 0 Å². The lowest BCUT2D eigenvalue weighted by Crippen LogP contribution is -2.43. The van der Waals surface area contributed by atoms with Gasteiger partial charge < -0.3 is 9.64 Å². The van der Waals surface area contributed by atoms with Crippen LogP contribution >= 0.6 is 0 Å². The maximum absolute atomic E-state index is 15.1. The molecule has 200 valence electrons. The summed E-state index contributed by atoms with van der Waals surface area (Å²) < 4.78 is 86.7. The van der Waals surface area contributed by atoms with Crippen LogP contribution < -0.4 is 15.2 Å². The molecule has 2 saturated heterocycles. The molecule has 1 aromatic carbocycles. The van der Waals surface area contributed by atoms with Crippen molar-refractivity contribution >= 4 is 33.3 Å². The molecule has 37 heavy (non-hydrogen) atoms. The largest absolute Gasteiger partial charge is 0.444 e. The third kappa shape index (κ3) is 5.83. The molecule has 2 aromatic rings. The number of pyridine rings is 1. The zero-order valence-corrected chi connectivity index (χ0v) is 20.1. The number of halogens is 4. The van der Waals surface area contributed by atoms with Crippen molar-refractivity contribution < 1.29 is 40.3 Å². The molecular formula is C22H23F4N5O5S. The predicted octanol–water partition coefficient (Wildman–Crippen LogP) is 2.31. The van der Waals surface area contributed by atoms with Crippen LogP contribution in [0.3, 0.4) is 0 Å². The Labute approximate surface area is 209 Å². The van der Waals surface area contributed by atoms with Crippen molar-refractivity contribution in [2.24, 2.45) is 0 Å². The van der Waals surface area contributed by atoms with Gasteiger partial charge in [0.05, 0.1) is 12.2 Å². The molecule has 0 bridgehead atoms. The summed E-state index contributed by atoms with van der Waals surface area (Å²) in [6.45, 7) is -0.167. The van der Waals surface area contributed by atoms with Crippen LogP contribution in [0.1, 0.15) is 12.8 Å². The highest BCUT2D eigenvalue weighted by Gasteiger charge is 2.35. The van der Waals surface area contributed by atoms with Gasteiger partial charge in [-0.3, -0.25) is 14.7 Å². The molecule has 2 aliphatic rings.